The summed E-state index contributed by atoms with van der Waals surface area (Å²) in [4.78, 5) is 16.0. The van der Waals surface area contributed by atoms with Gasteiger partial charge in [-0.15, -0.1) is 0 Å². The molecule has 2 N–H and O–H groups in total. The lowest BCUT2D eigenvalue weighted by Gasteiger charge is -2.26. The first-order valence-electron chi connectivity index (χ1n) is 6.70. The molecule has 0 saturated carbocycles. The molecular formula is C16H15ClN2O. The molecule has 1 atom stereocenters. The van der Waals surface area contributed by atoms with Crippen molar-refractivity contribution < 1.29 is 4.79 Å². The van der Waals surface area contributed by atoms with Gasteiger partial charge < -0.3 is 5.73 Å². The summed E-state index contributed by atoms with van der Waals surface area (Å²) in [7, 11) is 0. The summed E-state index contributed by atoms with van der Waals surface area (Å²) >= 11 is 6.12. The number of primary amides is 1. The first-order valence-corrected chi connectivity index (χ1v) is 7.07. The number of fused-ring (bicyclic) bond motifs is 1. The molecule has 1 heterocycles. The summed E-state index contributed by atoms with van der Waals surface area (Å²) in [5, 5.41) is 0.715. The molecule has 102 valence electrons. The lowest BCUT2D eigenvalue weighted by Crippen LogP contribution is -2.19. The highest BCUT2D eigenvalue weighted by Gasteiger charge is 2.26. The summed E-state index contributed by atoms with van der Waals surface area (Å²) < 4.78 is 0. The fourth-order valence-corrected chi connectivity index (χ4v) is 3.14. The first-order chi connectivity index (χ1) is 9.66. The van der Waals surface area contributed by atoms with E-state index in [4.69, 9.17) is 17.3 Å². The Balaban J connectivity index is 2.14. The van der Waals surface area contributed by atoms with Crippen molar-refractivity contribution in [2.45, 2.75) is 25.2 Å². The maximum atomic E-state index is 11.6. The van der Waals surface area contributed by atoms with Gasteiger partial charge >= 0.3 is 0 Å². The van der Waals surface area contributed by atoms with Gasteiger partial charge in [0.1, 0.15) is 0 Å². The molecular weight excluding hydrogens is 272 g/mol. The second kappa shape index (κ2) is 5.25. The zero-order chi connectivity index (χ0) is 14.1. The number of aromatic nitrogens is 1. The Morgan fingerprint density at radius 3 is 3.00 bits per heavy atom. The molecule has 1 aromatic heterocycles. The average Bonchev–Trinajstić information content (AvgIpc) is 2.46. The molecule has 1 aliphatic rings. The Morgan fingerprint density at radius 1 is 1.35 bits per heavy atom. The zero-order valence-corrected chi connectivity index (χ0v) is 11.7. The van der Waals surface area contributed by atoms with Gasteiger partial charge in [-0.1, -0.05) is 17.7 Å². The Hall–Kier alpha value is -1.87. The van der Waals surface area contributed by atoms with Crippen LogP contribution in [0.3, 0.4) is 0 Å². The van der Waals surface area contributed by atoms with Crippen molar-refractivity contribution in [2.24, 2.45) is 5.73 Å². The van der Waals surface area contributed by atoms with Crippen LogP contribution in [-0.2, 0) is 6.42 Å². The van der Waals surface area contributed by atoms with Crippen LogP contribution in [0.1, 0.15) is 45.9 Å². The minimum atomic E-state index is -0.428. The van der Waals surface area contributed by atoms with E-state index in [2.05, 4.69) is 11.1 Å². The standard InChI is InChI=1S/C16H15ClN2O/c17-11-7-6-10-3-1-4-12(14(10)9-11)15-13(16(18)20)5-2-8-19-15/h2,5-9,12H,1,3-4H2,(H2,18,20)/t12-/m1/s1. The number of nitrogens with two attached hydrogens (primary N) is 1. The molecule has 0 unspecified atom stereocenters. The van der Waals surface area contributed by atoms with Crippen molar-refractivity contribution in [2.75, 3.05) is 0 Å². The highest BCUT2D eigenvalue weighted by molar-refractivity contribution is 6.30. The molecule has 2 aromatic rings. The third kappa shape index (κ3) is 2.29. The number of hydrogen-bond donors (Lipinski definition) is 1. The molecule has 1 aromatic carbocycles. The van der Waals surface area contributed by atoms with Crippen LogP contribution in [0, 0.1) is 0 Å². The maximum absolute atomic E-state index is 11.6. The van der Waals surface area contributed by atoms with Gasteiger partial charge in [-0.25, -0.2) is 0 Å². The second-order valence-electron chi connectivity index (χ2n) is 5.09. The maximum Gasteiger partial charge on any atom is 0.250 e. The first kappa shape index (κ1) is 13.1. The minimum absolute atomic E-state index is 0.0983. The fourth-order valence-electron chi connectivity index (χ4n) is 2.96. The quantitative estimate of drug-likeness (QED) is 0.921. The van der Waals surface area contributed by atoms with E-state index in [0.717, 1.165) is 25.0 Å². The van der Waals surface area contributed by atoms with Gasteiger partial charge in [0.15, 0.2) is 0 Å². The number of carbonyl (C=O) groups excluding carboxylic acids is 1. The van der Waals surface area contributed by atoms with E-state index >= 15 is 0 Å². The largest absolute Gasteiger partial charge is 0.366 e. The lowest BCUT2D eigenvalue weighted by atomic mass is 9.79. The van der Waals surface area contributed by atoms with Crippen LogP contribution >= 0.6 is 11.6 Å². The van der Waals surface area contributed by atoms with E-state index in [9.17, 15) is 4.79 Å². The number of hydrogen-bond acceptors (Lipinski definition) is 2. The molecule has 4 heteroatoms. The molecule has 20 heavy (non-hydrogen) atoms. The molecule has 3 nitrogen and oxygen atoms in total. The molecule has 0 aliphatic heterocycles. The predicted octanol–water partition coefficient (Wildman–Crippen LogP) is 3.30. The number of pyridine rings is 1. The molecule has 0 bridgehead atoms. The van der Waals surface area contributed by atoms with Crippen LogP contribution in [0.15, 0.2) is 36.5 Å². The van der Waals surface area contributed by atoms with Crippen LogP contribution in [0.5, 0.6) is 0 Å². The van der Waals surface area contributed by atoms with E-state index in [-0.39, 0.29) is 5.92 Å². The summed E-state index contributed by atoms with van der Waals surface area (Å²) in [5.74, 6) is -0.330. The van der Waals surface area contributed by atoms with Crippen molar-refractivity contribution in [1.82, 2.24) is 4.98 Å². The van der Waals surface area contributed by atoms with Crippen LogP contribution in [0.2, 0.25) is 5.02 Å². The second-order valence-corrected chi connectivity index (χ2v) is 5.52. The van der Waals surface area contributed by atoms with Gasteiger partial charge in [0, 0.05) is 17.1 Å². The van der Waals surface area contributed by atoms with E-state index < -0.39 is 5.91 Å². The fraction of sp³-hybridized carbons (Fsp3) is 0.250. The molecule has 1 aliphatic carbocycles. The molecule has 1 amide bonds. The average molecular weight is 287 g/mol. The number of carbonyl (C=O) groups is 1. The normalized spacial score (nSPS) is 17.6. The summed E-state index contributed by atoms with van der Waals surface area (Å²) in [6, 6.07) is 9.45. The number of benzene rings is 1. The number of nitrogens with zero attached hydrogens (tertiary/aromatic N) is 1. The van der Waals surface area contributed by atoms with E-state index in [1.54, 1.807) is 18.3 Å². The Kier molecular flexibility index (Phi) is 3.45. The van der Waals surface area contributed by atoms with E-state index in [1.165, 1.54) is 11.1 Å². The number of aryl methyl sites for hydroxylation is 1. The summed E-state index contributed by atoms with van der Waals surface area (Å²) in [5.41, 5.74) is 9.19. The van der Waals surface area contributed by atoms with Gasteiger partial charge in [0.2, 0.25) is 0 Å². The third-order valence-corrected chi connectivity index (χ3v) is 4.09. The SMILES string of the molecule is NC(=O)c1cccnc1[C@@H]1CCCc2ccc(Cl)cc21. The van der Waals surface area contributed by atoms with Gasteiger partial charge in [0.05, 0.1) is 11.3 Å². The van der Waals surface area contributed by atoms with Crippen molar-refractivity contribution in [3.8, 4) is 0 Å². The third-order valence-electron chi connectivity index (χ3n) is 3.86. The highest BCUT2D eigenvalue weighted by Crippen LogP contribution is 2.38. The van der Waals surface area contributed by atoms with Gasteiger partial charge in [-0.2, -0.15) is 0 Å². The highest BCUT2D eigenvalue weighted by atomic mass is 35.5. The van der Waals surface area contributed by atoms with Gasteiger partial charge in [-0.05, 0) is 54.7 Å². The minimum Gasteiger partial charge on any atom is -0.366 e. The van der Waals surface area contributed by atoms with Crippen LogP contribution in [0.25, 0.3) is 0 Å². The predicted molar refractivity (Wildman–Crippen MR) is 79.0 cm³/mol. The van der Waals surface area contributed by atoms with Crippen LogP contribution in [0.4, 0.5) is 0 Å². The monoisotopic (exact) mass is 286 g/mol. The molecule has 0 saturated heterocycles. The lowest BCUT2D eigenvalue weighted by molar-refractivity contribution is 0.0998. The van der Waals surface area contributed by atoms with Crippen molar-refractivity contribution in [3.05, 3.63) is 63.9 Å². The molecule has 3 rings (SSSR count). The Morgan fingerprint density at radius 2 is 2.20 bits per heavy atom. The molecule has 0 spiro atoms. The van der Waals surface area contributed by atoms with Gasteiger partial charge in [0.25, 0.3) is 5.91 Å². The summed E-state index contributed by atoms with van der Waals surface area (Å²) in [6.07, 6.45) is 4.79. The molecule has 0 fully saturated rings. The number of halogens is 1. The van der Waals surface area contributed by atoms with E-state index in [0.29, 0.717) is 10.6 Å². The van der Waals surface area contributed by atoms with Crippen molar-refractivity contribution in [1.29, 1.82) is 0 Å². The topological polar surface area (TPSA) is 56.0 Å². The van der Waals surface area contributed by atoms with Crippen LogP contribution in [-0.4, -0.2) is 10.9 Å². The Labute approximate surface area is 122 Å². The van der Waals surface area contributed by atoms with Crippen molar-refractivity contribution in [3.63, 3.8) is 0 Å². The number of rotatable bonds is 2. The van der Waals surface area contributed by atoms with E-state index in [1.807, 2.05) is 12.1 Å². The Bertz CT molecular complexity index is 669. The van der Waals surface area contributed by atoms with Crippen molar-refractivity contribution >= 4 is 17.5 Å². The summed E-state index contributed by atoms with van der Waals surface area (Å²) in [6.45, 7) is 0. The smallest absolute Gasteiger partial charge is 0.250 e. The number of amides is 1. The molecule has 0 radical (unpaired) electrons. The zero-order valence-electron chi connectivity index (χ0n) is 11.0. The van der Waals surface area contributed by atoms with Crippen LogP contribution < -0.4 is 5.73 Å². The van der Waals surface area contributed by atoms with Gasteiger partial charge in [-0.3, -0.25) is 9.78 Å².